The smallest absolute Gasteiger partial charge is 0.258 e. The van der Waals surface area contributed by atoms with Gasteiger partial charge in [-0.05, 0) is 50.8 Å². The second-order valence-corrected chi connectivity index (χ2v) is 8.77. The van der Waals surface area contributed by atoms with Gasteiger partial charge in [0.05, 0.1) is 33.7 Å². The molecular weight excluding hydrogens is 441 g/mol. The number of aromatic nitrogens is 3. The van der Waals surface area contributed by atoms with E-state index >= 15 is 0 Å². The lowest BCUT2D eigenvalue weighted by atomic mass is 9.81. The van der Waals surface area contributed by atoms with Crippen molar-refractivity contribution in [1.82, 2.24) is 19.7 Å². The number of benzene rings is 1. The summed E-state index contributed by atoms with van der Waals surface area (Å²) in [6.07, 6.45) is 4.49. The summed E-state index contributed by atoms with van der Waals surface area (Å²) in [4.78, 5) is 19.6. The van der Waals surface area contributed by atoms with Gasteiger partial charge in [-0.25, -0.2) is 13.2 Å². The van der Waals surface area contributed by atoms with E-state index in [1.807, 2.05) is 4.90 Å². The lowest BCUT2D eigenvalue weighted by Crippen LogP contribution is -2.50. The molecule has 5 rings (SSSR count). The first-order chi connectivity index (χ1) is 15.3. The Bertz CT molecular complexity index is 1220. The number of carbonyl (C=O) groups is 1. The summed E-state index contributed by atoms with van der Waals surface area (Å²) in [6.45, 7) is 1.75. The molecule has 2 aliphatic heterocycles. The number of rotatable bonds is 2. The molecule has 1 fully saturated rings. The second-order valence-electron chi connectivity index (χ2n) is 8.36. The standard InChI is InChI=1S/C23H20ClF3N4O/c1-11-19(15(24)6-7-28-11)23(32)31-13-4-3-5-18(31)21-14(10-13)22(30(2)29-21)12-8-16(25)20(27)17(26)9-12/h6-9,13,18H,3-5,10H2,1-2H3. The third-order valence-corrected chi connectivity index (χ3v) is 6.79. The van der Waals surface area contributed by atoms with Crippen LogP contribution < -0.4 is 0 Å². The molecule has 0 radical (unpaired) electrons. The summed E-state index contributed by atoms with van der Waals surface area (Å²) in [5, 5.41) is 4.99. The molecule has 2 aliphatic rings. The molecule has 166 valence electrons. The first kappa shape index (κ1) is 21.0. The summed E-state index contributed by atoms with van der Waals surface area (Å²) < 4.78 is 43.0. The Morgan fingerprint density at radius 1 is 1.19 bits per heavy atom. The Morgan fingerprint density at radius 2 is 1.91 bits per heavy atom. The molecule has 0 spiro atoms. The number of halogens is 4. The number of fused-ring (bicyclic) bond motifs is 4. The lowest BCUT2D eigenvalue weighted by Gasteiger charge is -2.45. The maximum Gasteiger partial charge on any atom is 0.258 e. The Hall–Kier alpha value is -2.87. The number of aryl methyl sites for hydroxylation is 2. The van der Waals surface area contributed by atoms with Crippen LogP contribution >= 0.6 is 11.6 Å². The van der Waals surface area contributed by atoms with Crippen molar-refractivity contribution in [3.05, 3.63) is 69.4 Å². The summed E-state index contributed by atoms with van der Waals surface area (Å²) >= 11 is 6.34. The normalized spacial score (nSPS) is 19.8. The third kappa shape index (κ3) is 3.11. The number of amides is 1. The number of carbonyl (C=O) groups excluding carboxylic acids is 1. The van der Waals surface area contributed by atoms with Gasteiger partial charge in [0.2, 0.25) is 0 Å². The predicted molar refractivity (Wildman–Crippen MR) is 113 cm³/mol. The van der Waals surface area contributed by atoms with Crippen LogP contribution in [-0.2, 0) is 13.5 Å². The van der Waals surface area contributed by atoms with Crippen LogP contribution in [0.5, 0.6) is 0 Å². The van der Waals surface area contributed by atoms with Gasteiger partial charge in [0, 0.05) is 30.4 Å². The molecule has 2 aromatic heterocycles. The molecule has 0 N–H and O–H groups in total. The molecule has 1 aromatic carbocycles. The average molecular weight is 461 g/mol. The Kier molecular flexibility index (Phi) is 5.00. The molecule has 3 aromatic rings. The number of nitrogens with zero attached hydrogens (tertiary/aromatic N) is 4. The number of hydrogen-bond donors (Lipinski definition) is 0. The predicted octanol–water partition coefficient (Wildman–Crippen LogP) is 5.15. The molecule has 5 nitrogen and oxygen atoms in total. The third-order valence-electron chi connectivity index (χ3n) is 6.47. The van der Waals surface area contributed by atoms with E-state index in [4.69, 9.17) is 11.6 Å². The molecule has 32 heavy (non-hydrogen) atoms. The van der Waals surface area contributed by atoms with Gasteiger partial charge < -0.3 is 4.90 Å². The van der Waals surface area contributed by atoms with E-state index < -0.39 is 17.5 Å². The van der Waals surface area contributed by atoms with Crippen LogP contribution in [0.1, 0.15) is 52.6 Å². The van der Waals surface area contributed by atoms with E-state index in [1.54, 1.807) is 30.9 Å². The van der Waals surface area contributed by atoms with E-state index in [0.29, 0.717) is 34.1 Å². The summed E-state index contributed by atoms with van der Waals surface area (Å²) in [5.41, 5.74) is 3.25. The van der Waals surface area contributed by atoms with E-state index in [1.165, 1.54) is 0 Å². The summed E-state index contributed by atoms with van der Waals surface area (Å²) in [6, 6.07) is 3.19. The highest BCUT2D eigenvalue weighted by Gasteiger charge is 2.44. The first-order valence-electron chi connectivity index (χ1n) is 10.4. The quantitative estimate of drug-likeness (QED) is 0.497. The van der Waals surface area contributed by atoms with Crippen molar-refractivity contribution in [2.45, 2.75) is 44.7 Å². The number of hydrogen-bond acceptors (Lipinski definition) is 3. The van der Waals surface area contributed by atoms with Gasteiger partial charge in [-0.3, -0.25) is 14.5 Å². The van der Waals surface area contributed by atoms with Crippen molar-refractivity contribution in [1.29, 1.82) is 0 Å². The number of piperidine rings is 1. The fourth-order valence-corrected chi connectivity index (χ4v) is 5.40. The minimum atomic E-state index is -1.50. The molecule has 0 aliphatic carbocycles. The van der Waals surface area contributed by atoms with Crippen LogP contribution in [0.15, 0.2) is 24.4 Å². The molecule has 1 amide bonds. The Labute approximate surface area is 187 Å². The zero-order valence-corrected chi connectivity index (χ0v) is 18.3. The van der Waals surface area contributed by atoms with Crippen molar-refractivity contribution in [2.75, 3.05) is 0 Å². The van der Waals surface area contributed by atoms with Crippen LogP contribution in [0.2, 0.25) is 5.02 Å². The van der Waals surface area contributed by atoms with Crippen LogP contribution in [0.25, 0.3) is 11.3 Å². The monoisotopic (exact) mass is 460 g/mol. The van der Waals surface area contributed by atoms with Crippen molar-refractivity contribution in [3.63, 3.8) is 0 Å². The summed E-state index contributed by atoms with van der Waals surface area (Å²) in [5.74, 6) is -4.18. The second kappa shape index (κ2) is 7.62. The minimum Gasteiger partial charge on any atom is -0.327 e. The van der Waals surface area contributed by atoms with Gasteiger partial charge in [-0.1, -0.05) is 11.6 Å². The molecular formula is C23H20ClF3N4O. The fourth-order valence-electron chi connectivity index (χ4n) is 5.12. The maximum absolute atomic E-state index is 13.9. The van der Waals surface area contributed by atoms with Gasteiger partial charge >= 0.3 is 0 Å². The van der Waals surface area contributed by atoms with E-state index in [0.717, 1.165) is 37.0 Å². The Morgan fingerprint density at radius 3 is 2.59 bits per heavy atom. The van der Waals surface area contributed by atoms with E-state index in [2.05, 4.69) is 10.1 Å². The zero-order chi connectivity index (χ0) is 22.7. The molecule has 4 heterocycles. The average Bonchev–Trinajstić information content (AvgIpc) is 3.06. The molecule has 2 unspecified atom stereocenters. The van der Waals surface area contributed by atoms with Gasteiger partial charge in [-0.2, -0.15) is 5.10 Å². The van der Waals surface area contributed by atoms with Gasteiger partial charge in [0.25, 0.3) is 5.91 Å². The van der Waals surface area contributed by atoms with Gasteiger partial charge in [0.15, 0.2) is 17.5 Å². The molecule has 9 heteroatoms. The van der Waals surface area contributed by atoms with Gasteiger partial charge in [-0.15, -0.1) is 0 Å². The first-order valence-corrected chi connectivity index (χ1v) is 10.8. The van der Waals surface area contributed by atoms with Crippen molar-refractivity contribution >= 4 is 17.5 Å². The fraction of sp³-hybridized carbons (Fsp3) is 0.348. The minimum absolute atomic E-state index is 0.109. The topological polar surface area (TPSA) is 51.0 Å². The van der Waals surface area contributed by atoms with Crippen molar-refractivity contribution in [3.8, 4) is 11.3 Å². The summed E-state index contributed by atoms with van der Waals surface area (Å²) in [7, 11) is 1.69. The maximum atomic E-state index is 13.9. The largest absolute Gasteiger partial charge is 0.327 e. The SMILES string of the molecule is Cc1nccc(Cl)c1C(=O)N1C2CCCC1c1nn(C)c(-c3cc(F)c(F)c(F)c3)c1C2. The van der Waals surface area contributed by atoms with Crippen molar-refractivity contribution < 1.29 is 18.0 Å². The molecule has 0 saturated carbocycles. The van der Waals surface area contributed by atoms with Crippen LogP contribution in [0.4, 0.5) is 13.2 Å². The number of pyridine rings is 1. The molecule has 2 atom stereocenters. The van der Waals surface area contributed by atoms with E-state index in [-0.39, 0.29) is 23.6 Å². The van der Waals surface area contributed by atoms with Crippen LogP contribution in [-0.4, -0.2) is 31.6 Å². The highest BCUT2D eigenvalue weighted by molar-refractivity contribution is 6.34. The van der Waals surface area contributed by atoms with Crippen molar-refractivity contribution in [2.24, 2.45) is 7.05 Å². The zero-order valence-electron chi connectivity index (χ0n) is 17.5. The highest BCUT2D eigenvalue weighted by atomic mass is 35.5. The Balaban J connectivity index is 1.62. The van der Waals surface area contributed by atoms with Gasteiger partial charge in [0.1, 0.15) is 0 Å². The van der Waals surface area contributed by atoms with Crippen LogP contribution in [0, 0.1) is 24.4 Å². The molecule has 2 bridgehead atoms. The van der Waals surface area contributed by atoms with Crippen LogP contribution in [0.3, 0.4) is 0 Å². The highest BCUT2D eigenvalue weighted by Crippen LogP contribution is 2.45. The van der Waals surface area contributed by atoms with E-state index in [9.17, 15) is 18.0 Å². The lowest BCUT2D eigenvalue weighted by molar-refractivity contribution is 0.0391. The molecule has 1 saturated heterocycles.